The summed E-state index contributed by atoms with van der Waals surface area (Å²) in [6.45, 7) is 12.3. The van der Waals surface area contributed by atoms with E-state index in [1.165, 1.54) is 13.0 Å². The molecule has 0 radical (unpaired) electrons. The van der Waals surface area contributed by atoms with Crippen LogP contribution in [0.2, 0.25) is 0 Å². The van der Waals surface area contributed by atoms with Crippen LogP contribution in [0, 0.1) is 17.3 Å². The Balaban J connectivity index is 2.40. The van der Waals surface area contributed by atoms with E-state index in [-0.39, 0.29) is 5.41 Å². The highest BCUT2D eigenvalue weighted by Crippen LogP contribution is 2.31. The summed E-state index contributed by atoms with van der Waals surface area (Å²) in [5.41, 5.74) is 5.66. The smallest absolute Gasteiger partial charge is 0.145 e. The molecule has 18 heavy (non-hydrogen) atoms. The van der Waals surface area contributed by atoms with Crippen molar-refractivity contribution >= 4 is 5.84 Å². The van der Waals surface area contributed by atoms with Gasteiger partial charge in [0.25, 0.3) is 0 Å². The van der Waals surface area contributed by atoms with E-state index < -0.39 is 0 Å². The molecule has 4 heteroatoms. The molecule has 1 unspecified atom stereocenters. The monoisotopic (exact) mass is 255 g/mol. The molecule has 0 aromatic rings. The van der Waals surface area contributed by atoms with E-state index in [9.17, 15) is 0 Å². The summed E-state index contributed by atoms with van der Waals surface area (Å²) in [7, 11) is 0. The third kappa shape index (κ3) is 4.16. The van der Waals surface area contributed by atoms with Gasteiger partial charge in [0, 0.05) is 12.0 Å². The second kappa shape index (κ2) is 6.41. The minimum Gasteiger partial charge on any atom is -0.409 e. The highest BCUT2D eigenvalue weighted by molar-refractivity contribution is 5.85. The summed E-state index contributed by atoms with van der Waals surface area (Å²) in [4.78, 5) is 2.51. The molecule has 1 aliphatic rings. The van der Waals surface area contributed by atoms with Gasteiger partial charge in [-0.15, -0.1) is 0 Å². The van der Waals surface area contributed by atoms with E-state index in [4.69, 9.17) is 10.9 Å². The lowest BCUT2D eigenvalue weighted by Crippen LogP contribution is -2.46. The van der Waals surface area contributed by atoms with E-state index in [0.29, 0.717) is 5.84 Å². The minimum atomic E-state index is -0.119. The number of nitrogens with zero attached hydrogens (tertiary/aromatic N) is 2. The van der Waals surface area contributed by atoms with Crippen molar-refractivity contribution in [2.45, 2.75) is 47.0 Å². The van der Waals surface area contributed by atoms with Gasteiger partial charge in [0.2, 0.25) is 0 Å². The first-order valence-corrected chi connectivity index (χ1v) is 7.07. The van der Waals surface area contributed by atoms with Gasteiger partial charge >= 0.3 is 0 Å². The Hall–Kier alpha value is -0.770. The van der Waals surface area contributed by atoms with Gasteiger partial charge in [-0.2, -0.15) is 0 Å². The fraction of sp³-hybridized carbons (Fsp3) is 0.929. The topological polar surface area (TPSA) is 61.8 Å². The van der Waals surface area contributed by atoms with Gasteiger partial charge in [0.05, 0.1) is 0 Å². The standard InChI is InChI=1S/C14H29N3O/c1-11(2)9-12(3)10-17-7-5-14(4,6-8-17)13(15)16-18/h11-12,18H,5-10H2,1-4H3,(H2,15,16). The fourth-order valence-electron chi connectivity index (χ4n) is 2.93. The molecular formula is C14H29N3O. The molecule has 0 spiro atoms. The maximum Gasteiger partial charge on any atom is 0.145 e. The lowest BCUT2D eigenvalue weighted by Gasteiger charge is -2.39. The summed E-state index contributed by atoms with van der Waals surface area (Å²) in [6, 6.07) is 0. The molecule has 3 N–H and O–H groups in total. The average molecular weight is 255 g/mol. The van der Waals surface area contributed by atoms with Crippen LogP contribution in [0.15, 0.2) is 5.16 Å². The highest BCUT2D eigenvalue weighted by Gasteiger charge is 2.34. The van der Waals surface area contributed by atoms with Crippen LogP contribution in [0.4, 0.5) is 0 Å². The molecule has 1 saturated heterocycles. The van der Waals surface area contributed by atoms with Crippen molar-refractivity contribution in [3.05, 3.63) is 0 Å². The van der Waals surface area contributed by atoms with Crippen LogP contribution in [-0.4, -0.2) is 35.6 Å². The van der Waals surface area contributed by atoms with E-state index in [0.717, 1.165) is 37.8 Å². The molecule has 0 saturated carbocycles. The van der Waals surface area contributed by atoms with Crippen LogP contribution >= 0.6 is 0 Å². The van der Waals surface area contributed by atoms with Gasteiger partial charge in [0.15, 0.2) is 0 Å². The van der Waals surface area contributed by atoms with Crippen LogP contribution in [0.5, 0.6) is 0 Å². The molecule has 1 heterocycles. The summed E-state index contributed by atoms with van der Waals surface area (Å²) in [5, 5.41) is 12.0. The quantitative estimate of drug-likeness (QED) is 0.343. The van der Waals surface area contributed by atoms with Crippen LogP contribution in [0.3, 0.4) is 0 Å². The maximum absolute atomic E-state index is 8.81. The minimum absolute atomic E-state index is 0.119. The molecule has 0 amide bonds. The van der Waals surface area contributed by atoms with E-state index in [1.54, 1.807) is 0 Å². The number of piperidine rings is 1. The van der Waals surface area contributed by atoms with Crippen LogP contribution in [-0.2, 0) is 0 Å². The summed E-state index contributed by atoms with van der Waals surface area (Å²) in [5.74, 6) is 1.91. The number of rotatable bonds is 5. The molecule has 0 aromatic heterocycles. The highest BCUT2D eigenvalue weighted by atomic mass is 16.4. The Kier molecular flexibility index (Phi) is 5.45. The first-order chi connectivity index (χ1) is 8.37. The normalized spacial score (nSPS) is 23.3. The number of hydrogen-bond donors (Lipinski definition) is 2. The van der Waals surface area contributed by atoms with Crippen molar-refractivity contribution in [1.29, 1.82) is 0 Å². The van der Waals surface area contributed by atoms with E-state index in [1.807, 2.05) is 0 Å². The Bertz CT molecular complexity index is 281. The molecule has 0 bridgehead atoms. The van der Waals surface area contributed by atoms with E-state index >= 15 is 0 Å². The van der Waals surface area contributed by atoms with Gasteiger partial charge in [-0.05, 0) is 44.2 Å². The number of amidine groups is 1. The molecule has 1 aliphatic heterocycles. The largest absolute Gasteiger partial charge is 0.409 e. The number of oxime groups is 1. The van der Waals surface area contributed by atoms with Crippen molar-refractivity contribution in [3.8, 4) is 0 Å². The van der Waals surface area contributed by atoms with Gasteiger partial charge < -0.3 is 15.8 Å². The summed E-state index contributed by atoms with van der Waals surface area (Å²) in [6.07, 6.45) is 3.25. The molecule has 0 aromatic carbocycles. The summed E-state index contributed by atoms with van der Waals surface area (Å²) >= 11 is 0. The van der Waals surface area contributed by atoms with Gasteiger partial charge in [0.1, 0.15) is 5.84 Å². The maximum atomic E-state index is 8.81. The molecule has 0 aliphatic carbocycles. The fourth-order valence-corrected chi connectivity index (χ4v) is 2.93. The predicted molar refractivity (Wildman–Crippen MR) is 75.8 cm³/mol. The third-order valence-corrected chi connectivity index (χ3v) is 4.13. The Labute approximate surface area is 111 Å². The second-order valence-corrected chi connectivity index (χ2v) is 6.58. The van der Waals surface area contributed by atoms with Crippen LogP contribution in [0.25, 0.3) is 0 Å². The summed E-state index contributed by atoms with van der Waals surface area (Å²) < 4.78 is 0. The molecule has 1 fully saturated rings. The predicted octanol–water partition coefficient (Wildman–Crippen LogP) is 2.52. The van der Waals surface area contributed by atoms with Gasteiger partial charge in [-0.3, -0.25) is 0 Å². The van der Waals surface area contributed by atoms with Crippen molar-refractivity contribution in [3.63, 3.8) is 0 Å². The Morgan fingerprint density at radius 2 is 1.89 bits per heavy atom. The van der Waals surface area contributed by atoms with Gasteiger partial charge in [-0.25, -0.2) is 0 Å². The van der Waals surface area contributed by atoms with Crippen molar-refractivity contribution in [2.75, 3.05) is 19.6 Å². The lowest BCUT2D eigenvalue weighted by molar-refractivity contribution is 0.138. The van der Waals surface area contributed by atoms with Crippen molar-refractivity contribution < 1.29 is 5.21 Å². The molecule has 1 atom stereocenters. The van der Waals surface area contributed by atoms with Gasteiger partial charge in [-0.1, -0.05) is 32.9 Å². The zero-order chi connectivity index (χ0) is 13.8. The molecule has 106 valence electrons. The van der Waals surface area contributed by atoms with E-state index in [2.05, 4.69) is 37.8 Å². The Morgan fingerprint density at radius 3 is 2.33 bits per heavy atom. The molecule has 4 nitrogen and oxygen atoms in total. The SMILES string of the molecule is CC(C)CC(C)CN1CCC(C)(C(N)=NO)CC1. The zero-order valence-electron chi connectivity index (χ0n) is 12.3. The molecular weight excluding hydrogens is 226 g/mol. The van der Waals surface area contributed by atoms with Crippen LogP contribution in [0.1, 0.15) is 47.0 Å². The third-order valence-electron chi connectivity index (χ3n) is 4.13. The van der Waals surface area contributed by atoms with Crippen LogP contribution < -0.4 is 5.73 Å². The first kappa shape index (κ1) is 15.3. The zero-order valence-corrected chi connectivity index (χ0v) is 12.3. The number of nitrogens with two attached hydrogens (primary N) is 1. The second-order valence-electron chi connectivity index (χ2n) is 6.58. The first-order valence-electron chi connectivity index (χ1n) is 7.07. The number of likely N-dealkylation sites (tertiary alicyclic amines) is 1. The van der Waals surface area contributed by atoms with Crippen molar-refractivity contribution in [1.82, 2.24) is 4.90 Å². The average Bonchev–Trinajstić information content (AvgIpc) is 2.30. The number of hydrogen-bond acceptors (Lipinski definition) is 3. The van der Waals surface area contributed by atoms with Crippen molar-refractivity contribution in [2.24, 2.45) is 28.1 Å². The lowest BCUT2D eigenvalue weighted by atomic mass is 9.79. The molecule has 1 rings (SSSR count). The Morgan fingerprint density at radius 1 is 1.33 bits per heavy atom.